The highest BCUT2D eigenvalue weighted by molar-refractivity contribution is 8.14. The molecule has 6 heteroatoms. The quantitative estimate of drug-likeness (QED) is 0.797. The summed E-state index contributed by atoms with van der Waals surface area (Å²) >= 11 is 0. The molecule has 1 aromatic rings. The smallest absolute Gasteiger partial charge is 0.217 e. The highest BCUT2D eigenvalue weighted by atomic mass is 32.3. The standard InChI is InChI=1S/C10H10O4S2/c11-15(12)8-4-7-10(15)16(13,14)9-5-2-1-3-6-9/h1-3,5-7H,4,8H2. The molecular weight excluding hydrogens is 248 g/mol. The number of hydrogen-bond donors (Lipinski definition) is 0. The number of sulfone groups is 2. The van der Waals surface area contributed by atoms with Crippen molar-refractivity contribution in [2.75, 3.05) is 5.75 Å². The van der Waals surface area contributed by atoms with E-state index >= 15 is 0 Å². The molecule has 1 aliphatic heterocycles. The van der Waals surface area contributed by atoms with Gasteiger partial charge in [0.25, 0.3) is 0 Å². The molecule has 0 aromatic heterocycles. The molecule has 0 N–H and O–H groups in total. The minimum Gasteiger partial charge on any atom is -0.223 e. The van der Waals surface area contributed by atoms with Gasteiger partial charge >= 0.3 is 0 Å². The SMILES string of the molecule is O=S1(=O)CCC=C1S(=O)(=O)c1ccccc1. The van der Waals surface area contributed by atoms with Crippen molar-refractivity contribution in [3.8, 4) is 0 Å². The molecule has 1 heterocycles. The minimum absolute atomic E-state index is 0.0201. The first-order valence-corrected chi connectivity index (χ1v) is 7.81. The Bertz CT molecular complexity index is 625. The van der Waals surface area contributed by atoms with Crippen molar-refractivity contribution >= 4 is 19.7 Å². The summed E-state index contributed by atoms with van der Waals surface area (Å²) in [7, 11) is -7.49. The van der Waals surface area contributed by atoms with Crippen LogP contribution in [0.25, 0.3) is 0 Å². The van der Waals surface area contributed by atoms with E-state index in [1.165, 1.54) is 18.2 Å². The largest absolute Gasteiger partial charge is 0.223 e. The Labute approximate surface area is 94.4 Å². The van der Waals surface area contributed by atoms with Gasteiger partial charge in [0.2, 0.25) is 9.84 Å². The molecule has 16 heavy (non-hydrogen) atoms. The van der Waals surface area contributed by atoms with Crippen LogP contribution in [0.5, 0.6) is 0 Å². The first-order valence-electron chi connectivity index (χ1n) is 4.68. The maximum absolute atomic E-state index is 12.0. The van der Waals surface area contributed by atoms with E-state index in [1.807, 2.05) is 0 Å². The summed E-state index contributed by atoms with van der Waals surface area (Å²) in [6.07, 6.45) is 1.54. The monoisotopic (exact) mass is 258 g/mol. The zero-order valence-electron chi connectivity index (χ0n) is 8.33. The van der Waals surface area contributed by atoms with E-state index < -0.39 is 23.9 Å². The maximum atomic E-state index is 12.0. The zero-order valence-corrected chi connectivity index (χ0v) is 9.96. The van der Waals surface area contributed by atoms with Gasteiger partial charge in [0.15, 0.2) is 14.1 Å². The molecule has 2 rings (SSSR count). The molecule has 1 aliphatic rings. The average Bonchev–Trinajstić information content (AvgIpc) is 2.60. The number of allylic oxidation sites excluding steroid dienone is 1. The van der Waals surface area contributed by atoms with Crippen LogP contribution in [0.2, 0.25) is 0 Å². The summed E-state index contributed by atoms with van der Waals surface area (Å²) in [6, 6.07) is 7.59. The molecule has 0 unspecified atom stereocenters. The molecule has 1 aromatic carbocycles. The number of benzene rings is 1. The Morgan fingerprint density at radius 3 is 2.19 bits per heavy atom. The summed E-state index contributed by atoms with van der Waals surface area (Å²) in [6.45, 7) is 0. The Morgan fingerprint density at radius 1 is 1.06 bits per heavy atom. The Balaban J connectivity index is 2.58. The fraction of sp³-hybridized carbons (Fsp3) is 0.200. The van der Waals surface area contributed by atoms with Crippen LogP contribution < -0.4 is 0 Å². The molecule has 0 spiro atoms. The Kier molecular flexibility index (Phi) is 2.63. The van der Waals surface area contributed by atoms with Crippen LogP contribution in [0, 0.1) is 0 Å². The molecule has 0 saturated heterocycles. The summed E-state index contributed by atoms with van der Waals surface area (Å²) in [5.74, 6) is -0.117. The molecule has 86 valence electrons. The van der Waals surface area contributed by atoms with Gasteiger partial charge in [-0.2, -0.15) is 0 Å². The first kappa shape index (κ1) is 11.3. The normalized spacial score (nSPS) is 19.4. The second-order valence-electron chi connectivity index (χ2n) is 3.45. The molecular formula is C10H10O4S2. The first-order chi connectivity index (χ1) is 7.44. The third kappa shape index (κ3) is 1.78. The Morgan fingerprint density at radius 2 is 1.69 bits per heavy atom. The predicted molar refractivity (Wildman–Crippen MR) is 60.1 cm³/mol. The molecule has 4 nitrogen and oxygen atoms in total. The van der Waals surface area contributed by atoms with Gasteiger partial charge in [-0.3, -0.25) is 0 Å². The van der Waals surface area contributed by atoms with Crippen LogP contribution >= 0.6 is 0 Å². The lowest BCUT2D eigenvalue weighted by Crippen LogP contribution is -2.12. The lowest BCUT2D eigenvalue weighted by Gasteiger charge is -2.04. The minimum atomic E-state index is -3.87. The van der Waals surface area contributed by atoms with Crippen LogP contribution in [0.1, 0.15) is 6.42 Å². The van der Waals surface area contributed by atoms with Gasteiger partial charge in [-0.1, -0.05) is 24.3 Å². The summed E-state index contributed by atoms with van der Waals surface area (Å²) in [5.41, 5.74) is 0. The van der Waals surface area contributed by atoms with Crippen molar-refractivity contribution in [1.29, 1.82) is 0 Å². The molecule has 0 radical (unpaired) electrons. The van der Waals surface area contributed by atoms with E-state index in [-0.39, 0.29) is 17.1 Å². The number of hydrogen-bond acceptors (Lipinski definition) is 4. The predicted octanol–water partition coefficient (Wildman–Crippen LogP) is 1.12. The maximum Gasteiger partial charge on any atom is 0.217 e. The van der Waals surface area contributed by atoms with E-state index in [0.717, 1.165) is 0 Å². The molecule has 0 atom stereocenters. The van der Waals surface area contributed by atoms with E-state index in [9.17, 15) is 16.8 Å². The van der Waals surface area contributed by atoms with Crippen molar-refractivity contribution < 1.29 is 16.8 Å². The molecule has 0 saturated carbocycles. The molecule has 0 aliphatic carbocycles. The summed E-state index contributed by atoms with van der Waals surface area (Å²) < 4.78 is 46.6. The second-order valence-corrected chi connectivity index (χ2v) is 7.70. The van der Waals surface area contributed by atoms with Gasteiger partial charge in [-0.05, 0) is 18.6 Å². The van der Waals surface area contributed by atoms with E-state index in [0.29, 0.717) is 0 Å². The van der Waals surface area contributed by atoms with Crippen molar-refractivity contribution in [3.63, 3.8) is 0 Å². The molecule has 0 fully saturated rings. The average molecular weight is 258 g/mol. The summed E-state index contributed by atoms with van der Waals surface area (Å²) in [4.78, 5) is 0.0201. The third-order valence-corrected chi connectivity index (χ3v) is 6.88. The lowest BCUT2D eigenvalue weighted by atomic mass is 10.4. The zero-order chi connectivity index (χ0) is 11.8. The van der Waals surface area contributed by atoms with Gasteiger partial charge in [-0.15, -0.1) is 0 Å². The van der Waals surface area contributed by atoms with Gasteiger partial charge < -0.3 is 0 Å². The molecule has 0 amide bonds. The van der Waals surface area contributed by atoms with E-state index in [2.05, 4.69) is 0 Å². The lowest BCUT2D eigenvalue weighted by molar-refractivity contribution is 0.597. The summed E-state index contributed by atoms with van der Waals surface area (Å²) in [5, 5.41) is 0. The number of rotatable bonds is 2. The van der Waals surface area contributed by atoms with E-state index in [1.54, 1.807) is 18.2 Å². The van der Waals surface area contributed by atoms with Crippen molar-refractivity contribution in [3.05, 3.63) is 40.6 Å². The van der Waals surface area contributed by atoms with Crippen LogP contribution in [-0.4, -0.2) is 22.6 Å². The van der Waals surface area contributed by atoms with Gasteiger partial charge in [0, 0.05) is 0 Å². The fourth-order valence-corrected chi connectivity index (χ4v) is 5.51. The van der Waals surface area contributed by atoms with Crippen molar-refractivity contribution in [2.45, 2.75) is 11.3 Å². The second kappa shape index (κ2) is 3.71. The van der Waals surface area contributed by atoms with Gasteiger partial charge in [0.1, 0.15) is 0 Å². The van der Waals surface area contributed by atoms with Gasteiger partial charge in [-0.25, -0.2) is 16.8 Å². The highest BCUT2D eigenvalue weighted by Crippen LogP contribution is 2.28. The highest BCUT2D eigenvalue weighted by Gasteiger charge is 2.34. The van der Waals surface area contributed by atoms with E-state index in [4.69, 9.17) is 0 Å². The van der Waals surface area contributed by atoms with Gasteiger partial charge in [0.05, 0.1) is 10.6 Å². The van der Waals surface area contributed by atoms with Crippen LogP contribution in [0.3, 0.4) is 0 Å². The van der Waals surface area contributed by atoms with Crippen LogP contribution in [0.15, 0.2) is 45.5 Å². The third-order valence-electron chi connectivity index (χ3n) is 2.32. The molecule has 0 bridgehead atoms. The Hall–Kier alpha value is -1.14. The fourth-order valence-electron chi connectivity index (χ4n) is 1.55. The van der Waals surface area contributed by atoms with Crippen molar-refractivity contribution in [1.82, 2.24) is 0 Å². The topological polar surface area (TPSA) is 68.3 Å². The van der Waals surface area contributed by atoms with Crippen molar-refractivity contribution in [2.24, 2.45) is 0 Å². The van der Waals surface area contributed by atoms with Crippen LogP contribution in [0.4, 0.5) is 0 Å². The van der Waals surface area contributed by atoms with Crippen LogP contribution in [-0.2, 0) is 19.7 Å².